The topological polar surface area (TPSA) is 68.7 Å². The van der Waals surface area contributed by atoms with Crippen LogP contribution in [0.15, 0.2) is 48.7 Å². The van der Waals surface area contributed by atoms with Crippen LogP contribution in [0.5, 0.6) is 5.75 Å². The van der Waals surface area contributed by atoms with E-state index in [1.807, 2.05) is 30.3 Å². The van der Waals surface area contributed by atoms with Crippen molar-refractivity contribution in [2.75, 3.05) is 18.6 Å². The third-order valence-corrected chi connectivity index (χ3v) is 3.90. The molecule has 0 N–H and O–H groups in total. The average Bonchev–Trinajstić information content (AvgIpc) is 3.02. The lowest BCUT2D eigenvalue weighted by Crippen LogP contribution is -2.27. The fourth-order valence-electron chi connectivity index (χ4n) is 2.67. The maximum absolute atomic E-state index is 12.3. The number of anilines is 1. The molecule has 2 aromatic rings. The summed E-state index contributed by atoms with van der Waals surface area (Å²) >= 11 is 0. The van der Waals surface area contributed by atoms with Gasteiger partial charge in [0.15, 0.2) is 11.6 Å². The molecule has 1 aromatic carbocycles. The molecule has 0 saturated carbocycles. The molecular weight excluding hydrogens is 308 g/mol. The molecule has 1 saturated heterocycles. The highest BCUT2D eigenvalue weighted by molar-refractivity contribution is 5.99. The molecule has 0 spiro atoms. The molecule has 1 amide bonds. The molecule has 124 valence electrons. The van der Waals surface area contributed by atoms with Crippen LogP contribution in [0.2, 0.25) is 0 Å². The van der Waals surface area contributed by atoms with E-state index in [1.54, 1.807) is 18.3 Å². The number of esters is 1. The standard InChI is InChI=1S/C18H18N2O4/c1-23-18(22)14-10-16(21)20(11-14)17-15(8-5-9-19-17)24-12-13-6-3-2-4-7-13/h2-9,14H,10-12H2,1H3. The molecule has 3 rings (SSSR count). The van der Waals surface area contributed by atoms with E-state index >= 15 is 0 Å². The van der Waals surface area contributed by atoms with E-state index in [-0.39, 0.29) is 24.8 Å². The molecule has 1 unspecified atom stereocenters. The molecule has 1 aromatic heterocycles. The van der Waals surface area contributed by atoms with Gasteiger partial charge in [-0.05, 0) is 17.7 Å². The minimum Gasteiger partial charge on any atom is -0.485 e. The number of ether oxygens (including phenoxy) is 2. The molecule has 6 heteroatoms. The van der Waals surface area contributed by atoms with Gasteiger partial charge in [0.05, 0.1) is 13.0 Å². The normalized spacial score (nSPS) is 17.0. The second kappa shape index (κ2) is 7.12. The second-order valence-electron chi connectivity index (χ2n) is 5.53. The van der Waals surface area contributed by atoms with E-state index in [0.717, 1.165) is 5.56 Å². The molecular formula is C18H18N2O4. The lowest BCUT2D eigenvalue weighted by molar-refractivity contribution is -0.145. The van der Waals surface area contributed by atoms with E-state index in [1.165, 1.54) is 12.0 Å². The zero-order valence-corrected chi connectivity index (χ0v) is 13.3. The molecule has 0 radical (unpaired) electrons. The monoisotopic (exact) mass is 326 g/mol. The summed E-state index contributed by atoms with van der Waals surface area (Å²) in [5, 5.41) is 0. The smallest absolute Gasteiger partial charge is 0.311 e. The first-order chi connectivity index (χ1) is 11.7. The van der Waals surface area contributed by atoms with Crippen LogP contribution in [0, 0.1) is 5.92 Å². The lowest BCUT2D eigenvalue weighted by atomic mass is 10.1. The van der Waals surface area contributed by atoms with Gasteiger partial charge >= 0.3 is 5.97 Å². The SMILES string of the molecule is COC(=O)C1CC(=O)N(c2ncccc2OCc2ccccc2)C1. The Morgan fingerprint density at radius 3 is 2.79 bits per heavy atom. The third kappa shape index (κ3) is 3.37. The molecule has 0 bridgehead atoms. The molecule has 1 atom stereocenters. The summed E-state index contributed by atoms with van der Waals surface area (Å²) < 4.78 is 10.6. The van der Waals surface area contributed by atoms with Crippen molar-refractivity contribution in [3.8, 4) is 5.75 Å². The Morgan fingerprint density at radius 1 is 1.25 bits per heavy atom. The molecule has 1 fully saturated rings. The minimum absolute atomic E-state index is 0.126. The molecule has 2 heterocycles. The summed E-state index contributed by atoms with van der Waals surface area (Å²) in [5.41, 5.74) is 1.02. The maximum Gasteiger partial charge on any atom is 0.311 e. The van der Waals surface area contributed by atoms with Crippen LogP contribution in [0.1, 0.15) is 12.0 Å². The number of hydrogen-bond acceptors (Lipinski definition) is 5. The number of pyridine rings is 1. The Hall–Kier alpha value is -2.89. The number of aromatic nitrogens is 1. The quantitative estimate of drug-likeness (QED) is 0.788. The predicted octanol–water partition coefficient (Wildman–Crippen LogP) is 2.19. The Labute approximate surface area is 140 Å². The van der Waals surface area contributed by atoms with Crippen LogP contribution in [-0.4, -0.2) is 30.5 Å². The zero-order chi connectivity index (χ0) is 16.9. The Bertz CT molecular complexity index is 733. The summed E-state index contributed by atoms with van der Waals surface area (Å²) in [6, 6.07) is 13.3. The lowest BCUT2D eigenvalue weighted by Gasteiger charge is -2.18. The largest absolute Gasteiger partial charge is 0.485 e. The molecule has 1 aliphatic heterocycles. The number of nitrogens with zero attached hydrogens (tertiary/aromatic N) is 2. The van der Waals surface area contributed by atoms with Crippen LogP contribution in [0.25, 0.3) is 0 Å². The highest BCUT2D eigenvalue weighted by Gasteiger charge is 2.37. The minimum atomic E-state index is -0.466. The van der Waals surface area contributed by atoms with Crippen LogP contribution < -0.4 is 9.64 Å². The predicted molar refractivity (Wildman–Crippen MR) is 87.5 cm³/mol. The average molecular weight is 326 g/mol. The van der Waals surface area contributed by atoms with Crippen LogP contribution in [0.3, 0.4) is 0 Å². The Kier molecular flexibility index (Phi) is 4.74. The number of carbonyl (C=O) groups is 2. The van der Waals surface area contributed by atoms with Crippen molar-refractivity contribution in [2.45, 2.75) is 13.0 Å². The summed E-state index contributed by atoms with van der Waals surface area (Å²) in [4.78, 5) is 29.7. The summed E-state index contributed by atoms with van der Waals surface area (Å²) in [5.74, 6) is -0.0567. The first-order valence-corrected chi connectivity index (χ1v) is 7.69. The van der Waals surface area contributed by atoms with Gasteiger partial charge in [0, 0.05) is 19.2 Å². The van der Waals surface area contributed by atoms with Gasteiger partial charge in [-0.15, -0.1) is 0 Å². The van der Waals surface area contributed by atoms with Crippen LogP contribution in [0.4, 0.5) is 5.82 Å². The summed E-state index contributed by atoms with van der Waals surface area (Å²) in [7, 11) is 1.32. The fraction of sp³-hybridized carbons (Fsp3) is 0.278. The highest BCUT2D eigenvalue weighted by atomic mass is 16.5. The number of amides is 1. The van der Waals surface area contributed by atoms with E-state index in [9.17, 15) is 9.59 Å². The third-order valence-electron chi connectivity index (χ3n) is 3.90. The van der Waals surface area contributed by atoms with E-state index in [4.69, 9.17) is 9.47 Å². The van der Waals surface area contributed by atoms with Crippen LogP contribution in [-0.2, 0) is 20.9 Å². The molecule has 24 heavy (non-hydrogen) atoms. The van der Waals surface area contributed by atoms with Gasteiger partial charge in [-0.1, -0.05) is 30.3 Å². The number of carbonyl (C=O) groups excluding carboxylic acids is 2. The first-order valence-electron chi connectivity index (χ1n) is 7.69. The highest BCUT2D eigenvalue weighted by Crippen LogP contribution is 2.31. The summed E-state index contributed by atoms with van der Waals surface area (Å²) in [6.45, 7) is 0.631. The van der Waals surface area contributed by atoms with Crippen molar-refractivity contribution in [2.24, 2.45) is 5.92 Å². The van der Waals surface area contributed by atoms with Crippen LogP contribution >= 0.6 is 0 Å². The zero-order valence-electron chi connectivity index (χ0n) is 13.3. The van der Waals surface area contributed by atoms with E-state index in [0.29, 0.717) is 18.2 Å². The van der Waals surface area contributed by atoms with Crippen molar-refractivity contribution in [1.29, 1.82) is 0 Å². The molecule has 0 aliphatic carbocycles. The van der Waals surface area contributed by atoms with Gasteiger partial charge < -0.3 is 9.47 Å². The number of benzene rings is 1. The van der Waals surface area contributed by atoms with E-state index in [2.05, 4.69) is 4.98 Å². The van der Waals surface area contributed by atoms with Crippen molar-refractivity contribution in [3.05, 3.63) is 54.2 Å². The molecule has 1 aliphatic rings. The van der Waals surface area contributed by atoms with Crippen molar-refractivity contribution < 1.29 is 19.1 Å². The summed E-state index contributed by atoms with van der Waals surface area (Å²) in [6.07, 6.45) is 1.73. The van der Waals surface area contributed by atoms with Gasteiger partial charge in [-0.2, -0.15) is 0 Å². The van der Waals surface area contributed by atoms with Gasteiger partial charge in [0.1, 0.15) is 6.61 Å². The van der Waals surface area contributed by atoms with Gasteiger partial charge in [-0.3, -0.25) is 14.5 Å². The van der Waals surface area contributed by atoms with Crippen molar-refractivity contribution in [1.82, 2.24) is 4.98 Å². The van der Waals surface area contributed by atoms with Gasteiger partial charge in [0.25, 0.3) is 0 Å². The Balaban J connectivity index is 1.77. The van der Waals surface area contributed by atoms with Crippen molar-refractivity contribution >= 4 is 17.7 Å². The van der Waals surface area contributed by atoms with Crippen molar-refractivity contribution in [3.63, 3.8) is 0 Å². The second-order valence-corrected chi connectivity index (χ2v) is 5.53. The van der Waals surface area contributed by atoms with Gasteiger partial charge in [-0.25, -0.2) is 4.98 Å². The van der Waals surface area contributed by atoms with Gasteiger partial charge in [0.2, 0.25) is 5.91 Å². The number of hydrogen-bond donors (Lipinski definition) is 0. The Morgan fingerprint density at radius 2 is 2.04 bits per heavy atom. The number of rotatable bonds is 5. The number of methoxy groups -OCH3 is 1. The molecule has 6 nitrogen and oxygen atoms in total. The first kappa shape index (κ1) is 16.0. The fourth-order valence-corrected chi connectivity index (χ4v) is 2.67. The van der Waals surface area contributed by atoms with E-state index < -0.39 is 5.92 Å². The maximum atomic E-state index is 12.3.